The molecule has 2 rings (SSSR count). The third kappa shape index (κ3) is 4.40. The summed E-state index contributed by atoms with van der Waals surface area (Å²) in [5.74, 6) is -0.474. The Hall–Kier alpha value is -1.23. The van der Waals surface area contributed by atoms with E-state index in [0.29, 0.717) is 26.0 Å². The molecule has 1 fully saturated rings. The van der Waals surface area contributed by atoms with Gasteiger partial charge in [-0.25, -0.2) is 0 Å². The van der Waals surface area contributed by atoms with Gasteiger partial charge in [-0.15, -0.1) is 0 Å². The molecule has 0 bridgehead atoms. The molecule has 2 unspecified atom stereocenters. The van der Waals surface area contributed by atoms with E-state index >= 15 is 0 Å². The molecule has 0 aromatic heterocycles. The van der Waals surface area contributed by atoms with E-state index in [2.05, 4.69) is 5.32 Å². The number of ether oxygens (including phenoxy) is 1. The highest BCUT2D eigenvalue weighted by Gasteiger charge is 2.45. The predicted molar refractivity (Wildman–Crippen MR) is 71.7 cm³/mol. The van der Waals surface area contributed by atoms with Gasteiger partial charge in [0.2, 0.25) is 0 Å². The third-order valence-electron chi connectivity index (χ3n) is 3.71. The molecule has 0 radical (unpaired) electrons. The molecule has 0 spiro atoms. The minimum atomic E-state index is -4.10. The highest BCUT2D eigenvalue weighted by Crippen LogP contribution is 2.37. The summed E-state index contributed by atoms with van der Waals surface area (Å²) in [7, 11) is 0. The maximum absolute atomic E-state index is 12.9. The molecule has 1 aliphatic carbocycles. The highest BCUT2D eigenvalue weighted by atomic mass is 19.4. The fourth-order valence-corrected chi connectivity index (χ4v) is 2.70. The molecule has 1 N–H and O–H groups in total. The molecule has 0 saturated heterocycles. The first-order valence-corrected chi connectivity index (χ1v) is 7.05. The van der Waals surface area contributed by atoms with Crippen LogP contribution >= 0.6 is 0 Å². The van der Waals surface area contributed by atoms with Crippen LogP contribution < -0.4 is 10.1 Å². The van der Waals surface area contributed by atoms with E-state index < -0.39 is 18.1 Å². The van der Waals surface area contributed by atoms with Crippen LogP contribution in [0.15, 0.2) is 30.3 Å². The Morgan fingerprint density at radius 2 is 1.80 bits per heavy atom. The summed E-state index contributed by atoms with van der Waals surface area (Å²) in [6.07, 6.45) is -1.73. The second-order valence-electron chi connectivity index (χ2n) is 5.15. The number of hydrogen-bond donors (Lipinski definition) is 1. The number of para-hydroxylation sites is 1. The summed E-state index contributed by atoms with van der Waals surface area (Å²) in [5.41, 5.74) is 0. The molecule has 2 atom stereocenters. The molecule has 0 aliphatic heterocycles. The van der Waals surface area contributed by atoms with Gasteiger partial charge in [0.05, 0.1) is 5.92 Å². The highest BCUT2D eigenvalue weighted by molar-refractivity contribution is 5.20. The number of rotatable bonds is 5. The fourth-order valence-electron chi connectivity index (χ4n) is 2.70. The van der Waals surface area contributed by atoms with Gasteiger partial charge in [0.15, 0.2) is 0 Å². The fraction of sp³-hybridized carbons (Fsp3) is 0.600. The van der Waals surface area contributed by atoms with Gasteiger partial charge in [-0.1, -0.05) is 31.0 Å². The van der Waals surface area contributed by atoms with E-state index in [1.807, 2.05) is 30.3 Å². The van der Waals surface area contributed by atoms with Gasteiger partial charge in [0.1, 0.15) is 12.4 Å². The average Bonchev–Trinajstić information content (AvgIpc) is 2.44. The van der Waals surface area contributed by atoms with Gasteiger partial charge < -0.3 is 10.1 Å². The Morgan fingerprint density at radius 1 is 1.10 bits per heavy atom. The lowest BCUT2D eigenvalue weighted by Gasteiger charge is -2.33. The lowest BCUT2D eigenvalue weighted by Crippen LogP contribution is -2.46. The number of nitrogens with one attached hydrogen (secondary N) is 1. The summed E-state index contributed by atoms with van der Waals surface area (Å²) >= 11 is 0. The standard InChI is InChI=1S/C15H20F3NO/c16-15(17,18)13-8-4-5-9-14(13)19-10-11-20-12-6-2-1-3-7-12/h1-3,6-7,13-14,19H,4-5,8-11H2. The zero-order valence-electron chi connectivity index (χ0n) is 11.3. The second-order valence-corrected chi connectivity index (χ2v) is 5.15. The lowest BCUT2D eigenvalue weighted by atomic mass is 9.84. The summed E-state index contributed by atoms with van der Waals surface area (Å²) < 4.78 is 44.2. The smallest absolute Gasteiger partial charge is 0.393 e. The van der Waals surface area contributed by atoms with Crippen molar-refractivity contribution in [1.29, 1.82) is 0 Å². The number of halogens is 3. The molecule has 1 aromatic rings. The van der Waals surface area contributed by atoms with Crippen LogP contribution in [0.5, 0.6) is 5.75 Å². The first kappa shape index (κ1) is 15.2. The molecule has 1 saturated carbocycles. The molecule has 2 nitrogen and oxygen atoms in total. The van der Waals surface area contributed by atoms with Crippen LogP contribution in [0.25, 0.3) is 0 Å². The van der Waals surface area contributed by atoms with Crippen LogP contribution in [-0.2, 0) is 0 Å². The van der Waals surface area contributed by atoms with E-state index in [9.17, 15) is 13.2 Å². The largest absolute Gasteiger partial charge is 0.492 e. The Labute approximate surface area is 117 Å². The van der Waals surface area contributed by atoms with Crippen molar-refractivity contribution in [2.24, 2.45) is 5.92 Å². The SMILES string of the molecule is FC(F)(F)C1CCCCC1NCCOc1ccccc1. The van der Waals surface area contributed by atoms with Crippen molar-refractivity contribution in [2.45, 2.75) is 37.9 Å². The van der Waals surface area contributed by atoms with Crippen molar-refractivity contribution >= 4 is 0 Å². The first-order valence-electron chi connectivity index (χ1n) is 7.05. The Morgan fingerprint density at radius 3 is 2.50 bits per heavy atom. The maximum Gasteiger partial charge on any atom is 0.393 e. The zero-order chi connectivity index (χ0) is 14.4. The van der Waals surface area contributed by atoms with Gasteiger partial charge >= 0.3 is 6.18 Å². The molecule has 20 heavy (non-hydrogen) atoms. The minimum absolute atomic E-state index is 0.237. The Bertz CT molecular complexity index is 394. The minimum Gasteiger partial charge on any atom is -0.492 e. The first-order chi connectivity index (χ1) is 9.57. The maximum atomic E-state index is 12.9. The molecule has 0 amide bonds. The number of hydrogen-bond acceptors (Lipinski definition) is 2. The summed E-state index contributed by atoms with van der Waals surface area (Å²) in [5, 5.41) is 3.00. The van der Waals surface area contributed by atoms with Crippen molar-refractivity contribution < 1.29 is 17.9 Å². The van der Waals surface area contributed by atoms with E-state index in [4.69, 9.17) is 4.74 Å². The van der Waals surface area contributed by atoms with Crippen LogP contribution in [0.1, 0.15) is 25.7 Å². The van der Waals surface area contributed by atoms with Crippen molar-refractivity contribution in [3.05, 3.63) is 30.3 Å². The zero-order valence-corrected chi connectivity index (χ0v) is 11.3. The van der Waals surface area contributed by atoms with Crippen molar-refractivity contribution in [2.75, 3.05) is 13.2 Å². The number of benzene rings is 1. The monoisotopic (exact) mass is 287 g/mol. The average molecular weight is 287 g/mol. The molecule has 1 aliphatic rings. The lowest BCUT2D eigenvalue weighted by molar-refractivity contribution is -0.188. The predicted octanol–water partition coefficient (Wildman–Crippen LogP) is 3.78. The molecule has 1 aromatic carbocycles. The molecular weight excluding hydrogens is 267 g/mol. The van der Waals surface area contributed by atoms with Crippen molar-refractivity contribution in [1.82, 2.24) is 5.32 Å². The van der Waals surface area contributed by atoms with E-state index in [1.165, 1.54) is 0 Å². The Kier molecular flexibility index (Phi) is 5.29. The molecule has 5 heteroatoms. The van der Waals surface area contributed by atoms with Crippen LogP contribution in [-0.4, -0.2) is 25.4 Å². The molecular formula is C15H20F3NO. The third-order valence-corrected chi connectivity index (χ3v) is 3.71. The van der Waals surface area contributed by atoms with Gasteiger partial charge in [0, 0.05) is 12.6 Å². The summed E-state index contributed by atoms with van der Waals surface area (Å²) in [6.45, 7) is 0.817. The quantitative estimate of drug-likeness (QED) is 0.832. The van der Waals surface area contributed by atoms with Crippen molar-refractivity contribution in [3.8, 4) is 5.75 Å². The van der Waals surface area contributed by atoms with Crippen LogP contribution in [0, 0.1) is 5.92 Å². The van der Waals surface area contributed by atoms with Gasteiger partial charge in [0.25, 0.3) is 0 Å². The van der Waals surface area contributed by atoms with E-state index in [0.717, 1.165) is 12.2 Å². The van der Waals surface area contributed by atoms with E-state index in [-0.39, 0.29) is 6.42 Å². The summed E-state index contributed by atoms with van der Waals surface area (Å²) in [4.78, 5) is 0. The summed E-state index contributed by atoms with van der Waals surface area (Å²) in [6, 6.07) is 8.81. The van der Waals surface area contributed by atoms with Crippen LogP contribution in [0.2, 0.25) is 0 Å². The van der Waals surface area contributed by atoms with Gasteiger partial charge in [-0.3, -0.25) is 0 Å². The molecule has 0 heterocycles. The Balaban J connectivity index is 1.74. The van der Waals surface area contributed by atoms with Gasteiger partial charge in [-0.2, -0.15) is 13.2 Å². The second kappa shape index (κ2) is 6.97. The van der Waals surface area contributed by atoms with Gasteiger partial charge in [-0.05, 0) is 25.0 Å². The topological polar surface area (TPSA) is 21.3 Å². The normalized spacial score (nSPS) is 23.6. The van der Waals surface area contributed by atoms with Crippen LogP contribution in [0.4, 0.5) is 13.2 Å². The van der Waals surface area contributed by atoms with Crippen LogP contribution in [0.3, 0.4) is 0 Å². The number of alkyl halides is 3. The molecule has 112 valence electrons. The van der Waals surface area contributed by atoms with E-state index in [1.54, 1.807) is 0 Å². The van der Waals surface area contributed by atoms with Crippen molar-refractivity contribution in [3.63, 3.8) is 0 Å².